The fraction of sp³-hybridized carbons (Fsp3) is 0.231. The van der Waals surface area contributed by atoms with Crippen molar-refractivity contribution in [2.24, 2.45) is 0 Å². The first-order chi connectivity index (χ1) is 15.4. The van der Waals surface area contributed by atoms with E-state index < -0.39 is 5.54 Å². The maximum atomic E-state index is 13.5. The van der Waals surface area contributed by atoms with Crippen LogP contribution < -0.4 is 10.1 Å². The number of halogens is 1. The Labute approximate surface area is 193 Å². The molecule has 0 aromatic heterocycles. The molecule has 6 heteroatoms. The van der Waals surface area contributed by atoms with E-state index in [4.69, 9.17) is 16.3 Å². The minimum atomic E-state index is -1.06. The monoisotopic (exact) mass is 448 g/mol. The second-order valence-corrected chi connectivity index (χ2v) is 8.56. The van der Waals surface area contributed by atoms with Gasteiger partial charge in [-0.3, -0.25) is 9.59 Å². The summed E-state index contributed by atoms with van der Waals surface area (Å²) in [5.41, 5.74) is 2.18. The molecule has 4 rings (SSSR count). The Bertz CT molecular complexity index is 1160. The fourth-order valence-corrected chi connectivity index (χ4v) is 4.41. The smallest absolute Gasteiger partial charge is 0.255 e. The molecule has 164 valence electrons. The molecule has 0 radical (unpaired) electrons. The number of nitrogens with one attached hydrogen (secondary N) is 1. The van der Waals surface area contributed by atoms with Crippen molar-refractivity contribution in [3.63, 3.8) is 0 Å². The number of benzene rings is 3. The zero-order chi connectivity index (χ0) is 22.7. The number of nitrogens with zero attached hydrogens (tertiary/aromatic N) is 1. The average molecular weight is 449 g/mol. The second-order valence-electron chi connectivity index (χ2n) is 8.12. The summed E-state index contributed by atoms with van der Waals surface area (Å²) >= 11 is 6.17. The lowest BCUT2D eigenvalue weighted by atomic mass is 9.82. The van der Waals surface area contributed by atoms with Gasteiger partial charge in [0.1, 0.15) is 11.3 Å². The number of amides is 2. The quantitative estimate of drug-likeness (QED) is 0.598. The Morgan fingerprint density at radius 1 is 1.09 bits per heavy atom. The van der Waals surface area contributed by atoms with E-state index in [0.29, 0.717) is 29.3 Å². The van der Waals surface area contributed by atoms with Crippen LogP contribution in [0.25, 0.3) is 0 Å². The fourth-order valence-electron chi connectivity index (χ4n) is 4.20. The van der Waals surface area contributed by atoms with Gasteiger partial charge in [0.25, 0.3) is 5.91 Å². The van der Waals surface area contributed by atoms with E-state index in [0.717, 1.165) is 16.7 Å². The molecule has 0 bridgehead atoms. The Balaban J connectivity index is 1.65. The van der Waals surface area contributed by atoms with Crippen LogP contribution in [0.3, 0.4) is 0 Å². The molecule has 2 amide bonds. The van der Waals surface area contributed by atoms with Gasteiger partial charge < -0.3 is 15.0 Å². The summed E-state index contributed by atoms with van der Waals surface area (Å²) < 4.78 is 5.39. The minimum absolute atomic E-state index is 0.165. The molecule has 3 aromatic carbocycles. The first kappa shape index (κ1) is 21.9. The molecule has 0 fully saturated rings. The largest absolute Gasteiger partial charge is 0.496 e. The van der Waals surface area contributed by atoms with E-state index in [1.165, 1.54) is 0 Å². The summed E-state index contributed by atoms with van der Waals surface area (Å²) in [4.78, 5) is 28.7. The van der Waals surface area contributed by atoms with Crippen LogP contribution >= 0.6 is 11.6 Å². The Morgan fingerprint density at radius 3 is 2.62 bits per heavy atom. The summed E-state index contributed by atoms with van der Waals surface area (Å²) in [6.45, 7) is 2.41. The highest BCUT2D eigenvalue weighted by Gasteiger charge is 2.46. The van der Waals surface area contributed by atoms with Crippen molar-refractivity contribution in [2.45, 2.75) is 32.0 Å². The molecule has 1 aliphatic heterocycles. The molecule has 1 atom stereocenters. The van der Waals surface area contributed by atoms with Gasteiger partial charge in [-0.25, -0.2) is 0 Å². The molecule has 0 aliphatic carbocycles. The number of rotatable bonds is 6. The van der Waals surface area contributed by atoms with Gasteiger partial charge in [-0.2, -0.15) is 0 Å². The summed E-state index contributed by atoms with van der Waals surface area (Å²) in [6, 6.07) is 22.4. The topological polar surface area (TPSA) is 58.6 Å². The number of carbonyl (C=O) groups is 2. The highest BCUT2D eigenvalue weighted by atomic mass is 35.5. The lowest BCUT2D eigenvalue weighted by Crippen LogP contribution is -2.62. The van der Waals surface area contributed by atoms with E-state index in [2.05, 4.69) is 5.32 Å². The Hall–Kier alpha value is -3.31. The number of fused-ring (bicyclic) bond motifs is 1. The molecule has 0 spiro atoms. The molecular formula is C26H25ClN2O3. The van der Waals surface area contributed by atoms with Crippen molar-refractivity contribution in [3.8, 4) is 5.75 Å². The van der Waals surface area contributed by atoms with Gasteiger partial charge in [0.05, 0.1) is 7.11 Å². The summed E-state index contributed by atoms with van der Waals surface area (Å²) in [6.07, 6.45) is 0.424. The first-order valence-electron chi connectivity index (χ1n) is 10.5. The molecule has 1 unspecified atom stereocenters. The van der Waals surface area contributed by atoms with Crippen LogP contribution in [0.2, 0.25) is 5.02 Å². The van der Waals surface area contributed by atoms with E-state index in [-0.39, 0.29) is 18.4 Å². The number of para-hydroxylation sites is 1. The van der Waals surface area contributed by atoms with Crippen molar-refractivity contribution in [2.75, 3.05) is 7.11 Å². The van der Waals surface area contributed by atoms with Crippen molar-refractivity contribution >= 4 is 23.4 Å². The Kier molecular flexibility index (Phi) is 6.19. The summed E-state index contributed by atoms with van der Waals surface area (Å²) in [7, 11) is 1.60. The predicted octanol–water partition coefficient (Wildman–Crippen LogP) is 4.62. The van der Waals surface area contributed by atoms with Crippen LogP contribution in [0.1, 0.15) is 34.0 Å². The van der Waals surface area contributed by atoms with E-state index in [9.17, 15) is 9.59 Å². The lowest BCUT2D eigenvalue weighted by Gasteiger charge is -2.44. The summed E-state index contributed by atoms with van der Waals surface area (Å²) in [5.74, 6) is 0.328. The lowest BCUT2D eigenvalue weighted by molar-refractivity contribution is -0.132. The zero-order valence-corrected chi connectivity index (χ0v) is 18.9. The predicted molar refractivity (Wildman–Crippen MR) is 125 cm³/mol. The van der Waals surface area contributed by atoms with E-state index >= 15 is 0 Å². The van der Waals surface area contributed by atoms with Crippen molar-refractivity contribution in [3.05, 3.63) is 100 Å². The van der Waals surface area contributed by atoms with Gasteiger partial charge in [0, 0.05) is 35.7 Å². The number of hydrogen-bond donors (Lipinski definition) is 1. The van der Waals surface area contributed by atoms with Crippen LogP contribution in [0.4, 0.5) is 0 Å². The highest BCUT2D eigenvalue weighted by molar-refractivity contribution is 6.30. The SMILES string of the molecule is COc1ccccc1CNC(=O)C1(C)Cc2ccccc2C(=O)N1Cc1cccc(Cl)c1. The highest BCUT2D eigenvalue weighted by Crippen LogP contribution is 2.33. The molecule has 1 N–H and O–H groups in total. The van der Waals surface area contributed by atoms with Gasteiger partial charge in [-0.15, -0.1) is 0 Å². The summed E-state index contributed by atoms with van der Waals surface area (Å²) in [5, 5.41) is 3.62. The molecular weight excluding hydrogens is 424 g/mol. The number of ether oxygens (including phenoxy) is 1. The maximum absolute atomic E-state index is 13.5. The third kappa shape index (κ3) is 4.21. The molecule has 5 nitrogen and oxygen atoms in total. The number of methoxy groups -OCH3 is 1. The minimum Gasteiger partial charge on any atom is -0.496 e. The zero-order valence-electron chi connectivity index (χ0n) is 18.1. The van der Waals surface area contributed by atoms with Gasteiger partial charge in [-0.1, -0.05) is 60.1 Å². The molecule has 0 saturated carbocycles. The van der Waals surface area contributed by atoms with Gasteiger partial charge in [0.2, 0.25) is 5.91 Å². The number of carbonyl (C=O) groups excluding carboxylic acids is 2. The number of hydrogen-bond acceptors (Lipinski definition) is 3. The molecule has 32 heavy (non-hydrogen) atoms. The van der Waals surface area contributed by atoms with Gasteiger partial charge in [0.15, 0.2) is 0 Å². The average Bonchev–Trinajstić information content (AvgIpc) is 2.80. The molecule has 1 aliphatic rings. The molecule has 3 aromatic rings. The van der Waals surface area contributed by atoms with Gasteiger partial charge in [-0.05, 0) is 42.3 Å². The van der Waals surface area contributed by atoms with Crippen molar-refractivity contribution < 1.29 is 14.3 Å². The third-order valence-electron chi connectivity index (χ3n) is 5.97. The van der Waals surface area contributed by atoms with Crippen molar-refractivity contribution in [1.29, 1.82) is 0 Å². The van der Waals surface area contributed by atoms with Crippen molar-refractivity contribution in [1.82, 2.24) is 10.2 Å². The third-order valence-corrected chi connectivity index (χ3v) is 6.21. The van der Waals surface area contributed by atoms with E-state index in [1.54, 1.807) is 18.1 Å². The van der Waals surface area contributed by atoms with Crippen LogP contribution in [0, 0.1) is 0 Å². The maximum Gasteiger partial charge on any atom is 0.255 e. The van der Waals surface area contributed by atoms with Crippen LogP contribution in [0.15, 0.2) is 72.8 Å². The molecule has 0 saturated heterocycles. The van der Waals surface area contributed by atoms with E-state index in [1.807, 2.05) is 73.7 Å². The Morgan fingerprint density at radius 2 is 1.84 bits per heavy atom. The second kappa shape index (κ2) is 9.05. The van der Waals surface area contributed by atoms with Crippen LogP contribution in [-0.4, -0.2) is 29.4 Å². The van der Waals surface area contributed by atoms with Crippen LogP contribution in [0.5, 0.6) is 5.75 Å². The molecule has 1 heterocycles. The van der Waals surface area contributed by atoms with Crippen LogP contribution in [-0.2, 0) is 24.3 Å². The van der Waals surface area contributed by atoms with Gasteiger partial charge >= 0.3 is 0 Å². The first-order valence-corrected chi connectivity index (χ1v) is 10.8. The normalized spacial score (nSPS) is 17.6. The standard InChI is InChI=1S/C26H25ClN2O3/c1-26(25(31)28-16-20-10-4-6-13-23(20)32-2)15-19-9-3-5-12-22(19)24(30)29(26)17-18-8-7-11-21(27)14-18/h3-14H,15-17H2,1-2H3,(H,28,31).